The Balaban J connectivity index is 0.000000206. The van der Waals surface area contributed by atoms with E-state index in [1.807, 2.05) is 114 Å². The summed E-state index contributed by atoms with van der Waals surface area (Å²) >= 11 is 1.81. The maximum atomic E-state index is 5.25. The topological polar surface area (TPSA) is 56.8 Å². The van der Waals surface area contributed by atoms with Crippen molar-refractivity contribution in [1.82, 2.24) is 28.5 Å². The van der Waals surface area contributed by atoms with Gasteiger partial charge < -0.3 is 19.1 Å². The summed E-state index contributed by atoms with van der Waals surface area (Å²) in [6, 6.07) is 72.5. The first-order chi connectivity index (χ1) is 32.6. The second kappa shape index (κ2) is 17.9. The van der Waals surface area contributed by atoms with Crippen molar-refractivity contribution in [2.24, 2.45) is 7.05 Å². The molecule has 0 saturated carbocycles. The number of para-hydroxylation sites is 3. The van der Waals surface area contributed by atoms with E-state index in [9.17, 15) is 0 Å². The smallest absolute Gasteiger partial charge is 0.241 e. The van der Waals surface area contributed by atoms with Crippen molar-refractivity contribution in [3.05, 3.63) is 236 Å². The van der Waals surface area contributed by atoms with Crippen molar-refractivity contribution >= 4 is 59.4 Å². The van der Waals surface area contributed by atoms with E-state index < -0.39 is 0 Å². The van der Waals surface area contributed by atoms with Gasteiger partial charge in [0.2, 0.25) is 12.1 Å². The van der Waals surface area contributed by atoms with Crippen molar-refractivity contribution in [1.29, 1.82) is 0 Å². The quantitative estimate of drug-likeness (QED) is 0.118. The van der Waals surface area contributed by atoms with E-state index in [-0.39, 0.29) is 20.1 Å². The molecule has 6 heterocycles. The Morgan fingerprint density at radius 3 is 2.25 bits per heavy atom. The predicted octanol–water partition coefficient (Wildman–Crippen LogP) is 12.7. The molecule has 0 amide bonds. The maximum Gasteiger partial charge on any atom is 0.241 e. The van der Waals surface area contributed by atoms with Crippen LogP contribution < -0.4 is 4.57 Å². The van der Waals surface area contributed by atoms with E-state index in [0.717, 1.165) is 85.0 Å². The number of pyridine rings is 2. The fourth-order valence-electron chi connectivity index (χ4n) is 8.93. The maximum absolute atomic E-state index is 5.25. The van der Waals surface area contributed by atoms with Gasteiger partial charge >= 0.3 is 0 Å². The summed E-state index contributed by atoms with van der Waals surface area (Å²) in [5, 5.41) is 2.61. The molecule has 0 unspecified atom stereocenters. The van der Waals surface area contributed by atoms with Gasteiger partial charge in [-0.25, -0.2) is 4.98 Å². The SMILES string of the molecule is C[n+]1[c-]n(-c2[c-]cccc2)cc1Cc1ccc2c(c1)n1c3c(-c4cc[c-]c(-c5ccccn5)c4)cccc3nc1n2-c1ccccc1.[Ir].[c-]1ccc2c(sc3ccccc32)c1-c1ccccn1. The molecular weight excluding hydrogens is 1020 g/mol. The molecular formula is C58H38IrN7S-3. The van der Waals surface area contributed by atoms with E-state index in [1.165, 1.54) is 25.7 Å². The van der Waals surface area contributed by atoms with E-state index in [1.54, 1.807) is 0 Å². The molecule has 0 N–H and O–H groups in total. The van der Waals surface area contributed by atoms with Crippen LogP contribution in [-0.2, 0) is 33.6 Å². The molecule has 13 rings (SSSR count). The Labute approximate surface area is 404 Å². The molecule has 67 heavy (non-hydrogen) atoms. The third-order valence-corrected chi connectivity index (χ3v) is 13.2. The Morgan fingerprint density at radius 2 is 1.43 bits per heavy atom. The fraction of sp³-hybridized carbons (Fsp3) is 0.0345. The molecule has 0 saturated heterocycles. The molecule has 7 nitrogen and oxygen atoms in total. The largest absolute Gasteiger partial charge is 0.348 e. The van der Waals surface area contributed by atoms with Crippen molar-refractivity contribution in [3.8, 4) is 45.0 Å². The van der Waals surface area contributed by atoms with Crippen LogP contribution in [-0.4, -0.2) is 28.5 Å². The molecule has 13 aromatic rings. The Kier molecular flexibility index (Phi) is 11.2. The second-order valence-corrected chi connectivity index (χ2v) is 17.2. The zero-order chi connectivity index (χ0) is 44.0. The summed E-state index contributed by atoms with van der Waals surface area (Å²) in [5.41, 5.74) is 14.7. The number of hydrogen-bond acceptors (Lipinski definition) is 4. The first kappa shape index (κ1) is 41.9. The normalized spacial score (nSPS) is 11.3. The molecule has 0 aliphatic rings. The first-order valence-electron chi connectivity index (χ1n) is 21.8. The molecule has 0 aliphatic carbocycles. The van der Waals surface area contributed by atoms with Crippen molar-refractivity contribution < 1.29 is 24.7 Å². The van der Waals surface area contributed by atoms with Gasteiger partial charge in [0.05, 0.1) is 29.1 Å². The Hall–Kier alpha value is -7.81. The van der Waals surface area contributed by atoms with Crippen LogP contribution in [0.3, 0.4) is 0 Å². The number of nitrogens with zero attached hydrogens (tertiary/aromatic N) is 7. The number of rotatable bonds is 7. The number of imidazole rings is 3. The zero-order valence-electron chi connectivity index (χ0n) is 36.1. The Morgan fingerprint density at radius 1 is 0.642 bits per heavy atom. The van der Waals surface area contributed by atoms with Crippen LogP contribution in [0.15, 0.2) is 201 Å². The summed E-state index contributed by atoms with van der Waals surface area (Å²) in [6.07, 6.45) is 9.95. The summed E-state index contributed by atoms with van der Waals surface area (Å²) < 4.78 is 11.2. The van der Waals surface area contributed by atoms with Crippen LogP contribution in [0.4, 0.5) is 0 Å². The summed E-state index contributed by atoms with van der Waals surface area (Å²) in [5.74, 6) is 0.878. The minimum atomic E-state index is 0. The van der Waals surface area contributed by atoms with Gasteiger partial charge in [0.15, 0.2) is 0 Å². The fourth-order valence-corrected chi connectivity index (χ4v) is 10.1. The molecule has 323 valence electrons. The van der Waals surface area contributed by atoms with Crippen molar-refractivity contribution in [3.63, 3.8) is 0 Å². The predicted molar refractivity (Wildman–Crippen MR) is 266 cm³/mol. The molecule has 0 spiro atoms. The van der Waals surface area contributed by atoms with Gasteiger partial charge in [0, 0.05) is 54.8 Å². The first-order valence-corrected chi connectivity index (χ1v) is 22.6. The average molecular weight is 1060 g/mol. The van der Waals surface area contributed by atoms with Crippen LogP contribution in [0.25, 0.3) is 93.0 Å². The van der Waals surface area contributed by atoms with Crippen LogP contribution in [0.2, 0.25) is 0 Å². The third-order valence-electron chi connectivity index (χ3n) is 12.0. The molecule has 0 atom stereocenters. The van der Waals surface area contributed by atoms with Gasteiger partial charge in [-0.1, -0.05) is 95.5 Å². The van der Waals surface area contributed by atoms with Crippen LogP contribution in [0, 0.1) is 24.5 Å². The molecule has 1 radical (unpaired) electrons. The van der Waals surface area contributed by atoms with Gasteiger partial charge in [-0.2, -0.15) is 41.7 Å². The molecule has 0 fully saturated rings. The van der Waals surface area contributed by atoms with Crippen LogP contribution in [0.5, 0.6) is 0 Å². The van der Waals surface area contributed by atoms with Gasteiger partial charge in [-0.15, -0.1) is 53.6 Å². The molecule has 7 aromatic carbocycles. The molecule has 9 heteroatoms. The minimum Gasteiger partial charge on any atom is -0.348 e. The number of aromatic nitrogens is 7. The molecule has 0 aliphatic heterocycles. The number of aryl methyl sites for hydroxylation is 1. The number of benzene rings is 7. The van der Waals surface area contributed by atoms with Crippen molar-refractivity contribution in [2.75, 3.05) is 0 Å². The van der Waals surface area contributed by atoms with E-state index in [0.29, 0.717) is 0 Å². The summed E-state index contributed by atoms with van der Waals surface area (Å²) in [6.45, 7) is 0. The van der Waals surface area contributed by atoms with Gasteiger partial charge in [-0.3, -0.25) is 8.97 Å². The average Bonchev–Trinajstić information content (AvgIpc) is 4.15. The van der Waals surface area contributed by atoms with Crippen molar-refractivity contribution in [2.45, 2.75) is 6.42 Å². The number of thiophene rings is 1. The third kappa shape index (κ3) is 7.73. The molecule has 0 bridgehead atoms. The van der Waals surface area contributed by atoms with E-state index >= 15 is 0 Å². The van der Waals surface area contributed by atoms with Gasteiger partial charge in [0.25, 0.3) is 0 Å². The van der Waals surface area contributed by atoms with E-state index in [2.05, 4.69) is 157 Å². The second-order valence-electron chi connectivity index (χ2n) is 16.1. The summed E-state index contributed by atoms with van der Waals surface area (Å²) in [4.78, 5) is 14.3. The minimum absolute atomic E-state index is 0. The number of fused-ring (bicyclic) bond motifs is 8. The van der Waals surface area contributed by atoms with Gasteiger partial charge in [-0.05, 0) is 87.6 Å². The zero-order valence-corrected chi connectivity index (χ0v) is 39.3. The monoisotopic (exact) mass is 1060 g/mol. The number of hydrogen-bond donors (Lipinski definition) is 0. The van der Waals surface area contributed by atoms with E-state index in [4.69, 9.17) is 4.98 Å². The molecule has 6 aromatic heterocycles. The van der Waals surface area contributed by atoms with Gasteiger partial charge in [0.1, 0.15) is 0 Å². The Bertz CT molecular complexity index is 3860. The standard InChI is InChI=1S/C41H28N6.C17H10NS.Ir/c1-44-28-45(32-14-4-2-5-15-32)27-34(44)24-29-21-22-38-39(25-29)47-40-35(30-12-10-13-31(26-30)36-19-8-9-23-42-36)18-11-20-37(40)43-41(47)46(38)33-16-6-3-7-17-33;1-2-10-16-12(6-1)13-7-5-8-14(17(13)19-16)15-9-3-4-11-18-15;/h2-12,14,16-23,25-27H,24H2,1H3;1-7,9-11H;/q-2;-1;. The van der Waals surface area contributed by atoms with Crippen LogP contribution >= 0.6 is 11.3 Å². The van der Waals surface area contributed by atoms with Crippen LogP contribution in [0.1, 0.15) is 11.3 Å². The summed E-state index contributed by atoms with van der Waals surface area (Å²) in [7, 11) is 2.05.